The number of carbonyl (C=O) groups is 1. The Morgan fingerprint density at radius 1 is 1.45 bits per heavy atom. The highest BCUT2D eigenvalue weighted by Crippen LogP contribution is 2.06. The van der Waals surface area contributed by atoms with Crippen molar-refractivity contribution in [3.05, 3.63) is 42.1 Å². The van der Waals surface area contributed by atoms with Gasteiger partial charge in [-0.05, 0) is 24.6 Å². The van der Waals surface area contributed by atoms with Crippen molar-refractivity contribution in [1.29, 1.82) is 0 Å². The molecule has 4 N–H and O–H groups in total. The van der Waals surface area contributed by atoms with Crippen molar-refractivity contribution >= 4 is 11.9 Å². The summed E-state index contributed by atoms with van der Waals surface area (Å²) >= 11 is 0. The summed E-state index contributed by atoms with van der Waals surface area (Å²) in [6.07, 6.45) is 4.62. The van der Waals surface area contributed by atoms with E-state index in [4.69, 9.17) is 10.2 Å². The van der Waals surface area contributed by atoms with Gasteiger partial charge in [0.1, 0.15) is 5.76 Å². The van der Waals surface area contributed by atoms with E-state index in [9.17, 15) is 4.79 Å². The number of hydrogen-bond donors (Lipinski definition) is 3. The number of rotatable bonds is 7. The Morgan fingerprint density at radius 3 is 2.95 bits per heavy atom. The topological polar surface area (TPSA) is 110 Å². The van der Waals surface area contributed by atoms with E-state index < -0.39 is 5.91 Å². The summed E-state index contributed by atoms with van der Waals surface area (Å²) in [6.45, 7) is 2.04. The maximum atomic E-state index is 10.9. The Bertz CT molecular complexity index is 617. The Labute approximate surface area is 128 Å². The van der Waals surface area contributed by atoms with Crippen LogP contribution in [0.5, 0.6) is 0 Å². The first kappa shape index (κ1) is 15.6. The molecule has 0 aliphatic rings. The van der Waals surface area contributed by atoms with Gasteiger partial charge in [-0.25, -0.2) is 0 Å². The zero-order valence-corrected chi connectivity index (χ0v) is 12.5. The number of furan rings is 1. The van der Waals surface area contributed by atoms with Crippen LogP contribution in [0, 0.1) is 0 Å². The summed E-state index contributed by atoms with van der Waals surface area (Å²) < 4.78 is 7.16. The number of amides is 1. The number of guanidine groups is 1. The number of hydrogen-bond acceptors (Lipinski definition) is 4. The molecule has 0 radical (unpaired) electrons. The molecule has 0 fully saturated rings. The summed E-state index contributed by atoms with van der Waals surface area (Å²) in [5.74, 6) is 0.858. The van der Waals surface area contributed by atoms with E-state index in [1.165, 1.54) is 0 Å². The van der Waals surface area contributed by atoms with Crippen LogP contribution in [0.2, 0.25) is 0 Å². The highest BCUT2D eigenvalue weighted by atomic mass is 16.3. The fraction of sp³-hybridized carbons (Fsp3) is 0.357. The molecule has 2 rings (SSSR count). The van der Waals surface area contributed by atoms with Crippen LogP contribution in [0.15, 0.2) is 40.0 Å². The Hall–Kier alpha value is -2.77. The van der Waals surface area contributed by atoms with E-state index in [2.05, 4.69) is 20.7 Å². The van der Waals surface area contributed by atoms with Gasteiger partial charge in [0.05, 0.1) is 6.54 Å². The molecule has 0 unspecified atom stereocenters. The molecular weight excluding hydrogens is 284 g/mol. The van der Waals surface area contributed by atoms with Crippen molar-refractivity contribution in [1.82, 2.24) is 20.4 Å². The molecule has 0 spiro atoms. The minimum absolute atomic E-state index is 0.152. The fourth-order valence-corrected chi connectivity index (χ4v) is 1.88. The highest BCUT2D eigenvalue weighted by Gasteiger charge is 2.07. The number of nitrogens with one attached hydrogen (secondary N) is 2. The summed E-state index contributed by atoms with van der Waals surface area (Å²) in [7, 11) is 1.69. The third-order valence-corrected chi connectivity index (χ3v) is 2.97. The molecule has 0 aliphatic carbocycles. The molecule has 0 aromatic carbocycles. The number of primary amides is 1. The average Bonchev–Trinajstić information content (AvgIpc) is 3.18. The molecule has 22 heavy (non-hydrogen) atoms. The number of nitrogens with two attached hydrogens (primary N) is 1. The third-order valence-electron chi connectivity index (χ3n) is 2.97. The second-order valence-electron chi connectivity index (χ2n) is 4.61. The SMILES string of the molecule is CN=C(NCCCn1cccn1)NCc1ccc(C(N)=O)o1. The van der Waals surface area contributed by atoms with Crippen molar-refractivity contribution in [2.45, 2.75) is 19.5 Å². The van der Waals surface area contributed by atoms with E-state index in [0.29, 0.717) is 18.3 Å². The maximum absolute atomic E-state index is 10.9. The van der Waals surface area contributed by atoms with Crippen LogP contribution in [0.4, 0.5) is 0 Å². The van der Waals surface area contributed by atoms with E-state index in [0.717, 1.165) is 19.5 Å². The van der Waals surface area contributed by atoms with Crippen LogP contribution in [0.3, 0.4) is 0 Å². The summed E-state index contributed by atoms with van der Waals surface area (Å²) in [5.41, 5.74) is 5.13. The van der Waals surface area contributed by atoms with Crippen LogP contribution in [0.1, 0.15) is 22.7 Å². The van der Waals surface area contributed by atoms with Crippen LogP contribution in [0.25, 0.3) is 0 Å². The van der Waals surface area contributed by atoms with Crippen molar-refractivity contribution in [3.63, 3.8) is 0 Å². The Kier molecular flexibility index (Phi) is 5.58. The van der Waals surface area contributed by atoms with Gasteiger partial charge in [-0.2, -0.15) is 5.10 Å². The summed E-state index contributed by atoms with van der Waals surface area (Å²) in [4.78, 5) is 15.1. The molecule has 8 nitrogen and oxygen atoms in total. The number of nitrogens with zero attached hydrogens (tertiary/aromatic N) is 3. The van der Waals surface area contributed by atoms with Gasteiger partial charge in [-0.1, -0.05) is 0 Å². The lowest BCUT2D eigenvalue weighted by molar-refractivity contribution is 0.0972. The van der Waals surface area contributed by atoms with Gasteiger partial charge in [0.2, 0.25) is 0 Å². The van der Waals surface area contributed by atoms with E-state index in [1.807, 2.05) is 16.9 Å². The van der Waals surface area contributed by atoms with Crippen LogP contribution in [-0.4, -0.2) is 35.2 Å². The van der Waals surface area contributed by atoms with E-state index in [1.54, 1.807) is 25.4 Å². The van der Waals surface area contributed by atoms with Gasteiger partial charge in [0.25, 0.3) is 5.91 Å². The molecule has 0 bridgehead atoms. The first-order valence-electron chi connectivity index (χ1n) is 6.99. The number of carbonyl (C=O) groups excluding carboxylic acids is 1. The molecule has 8 heteroatoms. The van der Waals surface area contributed by atoms with Crippen molar-refractivity contribution < 1.29 is 9.21 Å². The van der Waals surface area contributed by atoms with Gasteiger partial charge in [-0.3, -0.25) is 14.5 Å². The molecule has 118 valence electrons. The molecule has 2 heterocycles. The summed E-state index contributed by atoms with van der Waals surface area (Å²) in [5, 5.41) is 10.4. The van der Waals surface area contributed by atoms with Gasteiger partial charge in [-0.15, -0.1) is 0 Å². The lowest BCUT2D eigenvalue weighted by Gasteiger charge is -2.10. The second-order valence-corrected chi connectivity index (χ2v) is 4.61. The molecule has 2 aromatic rings. The molecule has 2 aromatic heterocycles. The van der Waals surface area contributed by atoms with Crippen molar-refractivity contribution in [2.75, 3.05) is 13.6 Å². The van der Waals surface area contributed by atoms with Crippen LogP contribution in [-0.2, 0) is 13.1 Å². The molecule has 0 atom stereocenters. The monoisotopic (exact) mass is 304 g/mol. The average molecular weight is 304 g/mol. The predicted octanol–water partition coefficient (Wildman–Crippen LogP) is 0.330. The standard InChI is InChI=1S/C14H20N6O2/c1-16-14(17-6-2-8-20-9-3-7-19-20)18-10-11-4-5-12(22-11)13(15)21/h3-5,7,9H,2,6,8,10H2,1H3,(H2,15,21)(H2,16,17,18). The molecule has 0 aliphatic heterocycles. The fourth-order valence-electron chi connectivity index (χ4n) is 1.88. The first-order valence-corrected chi connectivity index (χ1v) is 6.99. The molecule has 0 saturated heterocycles. The highest BCUT2D eigenvalue weighted by molar-refractivity contribution is 5.89. The van der Waals surface area contributed by atoms with E-state index in [-0.39, 0.29) is 5.76 Å². The molecule has 0 saturated carbocycles. The zero-order valence-electron chi connectivity index (χ0n) is 12.5. The smallest absolute Gasteiger partial charge is 0.284 e. The minimum Gasteiger partial charge on any atom is -0.454 e. The van der Waals surface area contributed by atoms with E-state index >= 15 is 0 Å². The lowest BCUT2D eigenvalue weighted by Crippen LogP contribution is -2.37. The van der Waals surface area contributed by atoms with Crippen molar-refractivity contribution in [2.24, 2.45) is 10.7 Å². The largest absolute Gasteiger partial charge is 0.454 e. The molecule has 1 amide bonds. The predicted molar refractivity (Wildman–Crippen MR) is 82.3 cm³/mol. The van der Waals surface area contributed by atoms with Crippen LogP contribution >= 0.6 is 0 Å². The normalized spacial score (nSPS) is 11.4. The summed E-state index contributed by atoms with van der Waals surface area (Å²) in [6, 6.07) is 5.16. The third kappa shape index (κ3) is 4.65. The minimum atomic E-state index is -0.577. The zero-order chi connectivity index (χ0) is 15.8. The number of aliphatic imine (C=N–C) groups is 1. The van der Waals surface area contributed by atoms with Gasteiger partial charge in [0.15, 0.2) is 11.7 Å². The van der Waals surface area contributed by atoms with Gasteiger partial charge < -0.3 is 20.8 Å². The lowest BCUT2D eigenvalue weighted by atomic mass is 10.4. The van der Waals surface area contributed by atoms with Crippen molar-refractivity contribution in [3.8, 4) is 0 Å². The Balaban J connectivity index is 1.69. The maximum Gasteiger partial charge on any atom is 0.284 e. The number of aromatic nitrogens is 2. The number of aryl methyl sites for hydroxylation is 1. The first-order chi connectivity index (χ1) is 10.7. The molecular formula is C14H20N6O2. The Morgan fingerprint density at radius 2 is 2.32 bits per heavy atom. The van der Waals surface area contributed by atoms with Gasteiger partial charge in [0, 0.05) is 32.5 Å². The second kappa shape index (κ2) is 7.87. The van der Waals surface area contributed by atoms with Crippen LogP contribution < -0.4 is 16.4 Å². The van der Waals surface area contributed by atoms with Gasteiger partial charge >= 0.3 is 0 Å². The quantitative estimate of drug-likeness (QED) is 0.388.